The molecule has 2 amide bonds. The topological polar surface area (TPSA) is 115 Å². The van der Waals surface area contributed by atoms with Crippen molar-refractivity contribution in [2.45, 2.75) is 119 Å². The van der Waals surface area contributed by atoms with Crippen molar-refractivity contribution in [3.63, 3.8) is 0 Å². The van der Waals surface area contributed by atoms with E-state index in [2.05, 4.69) is 5.32 Å². The van der Waals surface area contributed by atoms with E-state index in [4.69, 9.17) is 23.8 Å². The van der Waals surface area contributed by atoms with Crippen LogP contribution >= 0.6 is 0 Å². The van der Waals surface area contributed by atoms with Crippen LogP contribution in [-0.4, -0.2) is 93.5 Å². The molecule has 0 aromatic heterocycles. The number of anilines is 1. The molecule has 2 aromatic carbocycles. The number of nitrogens with one attached hydrogen (secondary N) is 2. The van der Waals surface area contributed by atoms with E-state index in [-0.39, 0.29) is 5.75 Å². The average molecular weight is 1030 g/mol. The lowest BCUT2D eigenvalue weighted by Gasteiger charge is -2.44. The van der Waals surface area contributed by atoms with Crippen molar-refractivity contribution in [3.8, 4) is 11.5 Å². The molecule has 68 heavy (non-hydrogen) atoms. The number of methoxy groups -OCH3 is 1. The fourth-order valence-electron chi connectivity index (χ4n) is 6.61. The SMILES string of the molecule is COc1ccc(NC(=O)O[C@H](c2ccc(OCCO[Si](CCC(F)(F)C(F)(F)C(F)(F)C(F)(F)C(F)(F)C(F)(F)C(F)(F)C(F)(F)F)(C(C)C)C(C)C)cc2)[C@@H](C)/C(C)=C/C=C/C(=O)NO)cc1. The molecular weight excluding hydrogens is 984 g/mol. The van der Waals surface area contributed by atoms with Crippen molar-refractivity contribution >= 4 is 26.0 Å². The molecule has 3 N–H and O–H groups in total. The van der Waals surface area contributed by atoms with Crippen LogP contribution in [0.2, 0.25) is 17.1 Å². The monoisotopic (exact) mass is 1030 g/mol. The Kier molecular flexibility index (Phi) is 19.1. The van der Waals surface area contributed by atoms with Gasteiger partial charge in [0.1, 0.15) is 24.2 Å². The van der Waals surface area contributed by atoms with Crippen LogP contribution in [0.3, 0.4) is 0 Å². The van der Waals surface area contributed by atoms with Gasteiger partial charge < -0.3 is 18.6 Å². The fraction of sp³-hybridized carbons (Fsp3) is 0.561. The lowest BCUT2D eigenvalue weighted by Crippen LogP contribution is -2.74. The van der Waals surface area contributed by atoms with E-state index in [1.165, 1.54) is 88.8 Å². The normalized spacial score (nSPS) is 15.1. The number of allylic oxidation sites excluding steroid dienone is 2. The minimum absolute atomic E-state index is 0.0997. The van der Waals surface area contributed by atoms with E-state index in [0.29, 0.717) is 22.6 Å². The largest absolute Gasteiger partial charge is 0.497 e. The summed E-state index contributed by atoms with van der Waals surface area (Å²) in [6.07, 6.45) is -8.48. The molecule has 386 valence electrons. The first-order valence-corrected chi connectivity index (χ1v) is 22.1. The maximum Gasteiger partial charge on any atom is 0.460 e. The molecule has 9 nitrogen and oxygen atoms in total. The Morgan fingerprint density at radius 3 is 1.60 bits per heavy atom. The summed E-state index contributed by atoms with van der Waals surface area (Å²) in [6, 6.07) is 10.6. The first-order chi connectivity index (χ1) is 30.9. The number of halogens is 17. The highest BCUT2D eigenvalue weighted by Gasteiger charge is 2.95. The van der Waals surface area contributed by atoms with Gasteiger partial charge in [-0.15, -0.1) is 0 Å². The van der Waals surface area contributed by atoms with Crippen LogP contribution in [-0.2, 0) is 14.0 Å². The Hall–Kier alpha value is -4.79. The van der Waals surface area contributed by atoms with Gasteiger partial charge in [0.2, 0.25) is 0 Å². The molecule has 0 spiro atoms. The zero-order valence-corrected chi connectivity index (χ0v) is 37.8. The van der Waals surface area contributed by atoms with E-state index in [1.807, 2.05) is 0 Å². The van der Waals surface area contributed by atoms with Gasteiger partial charge in [0, 0.05) is 24.1 Å². The Labute approximate surface area is 379 Å². The third kappa shape index (κ3) is 12.1. The molecule has 2 aromatic rings. The zero-order valence-electron chi connectivity index (χ0n) is 36.8. The summed E-state index contributed by atoms with van der Waals surface area (Å²) < 4.78 is 259. The molecule has 2 atom stereocenters. The van der Waals surface area contributed by atoms with Crippen LogP contribution in [0.4, 0.5) is 85.1 Å². The van der Waals surface area contributed by atoms with Crippen LogP contribution in [0.25, 0.3) is 0 Å². The molecule has 27 heteroatoms. The highest BCUT2D eigenvalue weighted by Crippen LogP contribution is 2.64. The summed E-state index contributed by atoms with van der Waals surface area (Å²) in [7, 11) is -2.59. The van der Waals surface area contributed by atoms with E-state index in [9.17, 15) is 75.4 Å². The Morgan fingerprint density at radius 2 is 1.15 bits per heavy atom. The van der Waals surface area contributed by atoms with Gasteiger partial charge in [-0.3, -0.25) is 15.3 Å². The van der Waals surface area contributed by atoms with Gasteiger partial charge in [0.25, 0.3) is 5.91 Å². The number of carbonyl (C=O) groups is 2. The summed E-state index contributed by atoms with van der Waals surface area (Å²) in [5, 5.41) is 11.3. The van der Waals surface area contributed by atoms with Crippen molar-refractivity contribution in [2.24, 2.45) is 5.92 Å². The summed E-state index contributed by atoms with van der Waals surface area (Å²) in [6.45, 7) is 7.59. The summed E-state index contributed by atoms with van der Waals surface area (Å²) >= 11 is 0. The first-order valence-electron chi connectivity index (χ1n) is 19.9. The van der Waals surface area contributed by atoms with Crippen molar-refractivity contribution in [1.82, 2.24) is 5.48 Å². The highest BCUT2D eigenvalue weighted by molar-refractivity contribution is 6.76. The van der Waals surface area contributed by atoms with Crippen LogP contribution in [0.15, 0.2) is 72.3 Å². The molecule has 0 aliphatic carbocycles. The van der Waals surface area contributed by atoms with Crippen molar-refractivity contribution in [3.05, 3.63) is 77.9 Å². The third-order valence-corrected chi connectivity index (χ3v) is 16.6. The van der Waals surface area contributed by atoms with Gasteiger partial charge in [0.05, 0.1) is 13.7 Å². The first kappa shape index (κ1) is 59.3. The van der Waals surface area contributed by atoms with Crippen molar-refractivity contribution in [1.29, 1.82) is 0 Å². The maximum absolute atomic E-state index is 15.0. The zero-order chi connectivity index (χ0) is 52.7. The van der Waals surface area contributed by atoms with Gasteiger partial charge in [-0.2, -0.15) is 74.6 Å². The van der Waals surface area contributed by atoms with Gasteiger partial charge in [-0.25, -0.2) is 10.3 Å². The number of hydroxylamine groups is 1. The molecule has 0 aliphatic rings. The van der Waals surface area contributed by atoms with Gasteiger partial charge in [0.15, 0.2) is 8.32 Å². The number of rotatable bonds is 24. The maximum atomic E-state index is 15.0. The molecule has 0 saturated heterocycles. The number of benzene rings is 2. The lowest BCUT2D eigenvalue weighted by molar-refractivity contribution is -0.461. The molecule has 0 radical (unpaired) electrons. The molecule has 0 unspecified atom stereocenters. The average Bonchev–Trinajstić information content (AvgIpc) is 3.24. The smallest absolute Gasteiger partial charge is 0.460 e. The molecule has 0 aliphatic heterocycles. The summed E-state index contributed by atoms with van der Waals surface area (Å²) in [4.78, 5) is 24.4. The molecule has 0 fully saturated rings. The van der Waals surface area contributed by atoms with Crippen LogP contribution in [0, 0.1) is 5.92 Å². The molecule has 0 saturated carbocycles. The molecule has 0 bridgehead atoms. The van der Waals surface area contributed by atoms with Gasteiger partial charge >= 0.3 is 53.7 Å². The second-order valence-corrected chi connectivity index (χ2v) is 20.9. The van der Waals surface area contributed by atoms with Crippen molar-refractivity contribution < 1.29 is 108 Å². The van der Waals surface area contributed by atoms with Crippen molar-refractivity contribution in [2.75, 3.05) is 25.6 Å². The molecule has 0 heterocycles. The summed E-state index contributed by atoms with van der Waals surface area (Å²) in [5.41, 5.74) is 0.932. The fourth-order valence-corrected chi connectivity index (χ4v) is 11.1. The Morgan fingerprint density at radius 1 is 0.676 bits per heavy atom. The number of amides is 2. The van der Waals surface area contributed by atoms with E-state index in [0.717, 1.165) is 6.08 Å². The second-order valence-electron chi connectivity index (χ2n) is 15.9. The molecular formula is C41H47F17N2O7Si. The van der Waals surface area contributed by atoms with Crippen LogP contribution in [0.5, 0.6) is 11.5 Å². The predicted molar refractivity (Wildman–Crippen MR) is 212 cm³/mol. The quantitative estimate of drug-likeness (QED) is 0.0182. The lowest BCUT2D eigenvalue weighted by atomic mass is 9.88. The van der Waals surface area contributed by atoms with E-state index in [1.54, 1.807) is 26.0 Å². The number of alkyl halides is 17. The number of carbonyl (C=O) groups excluding carboxylic acids is 2. The van der Waals surface area contributed by atoms with Crippen LogP contribution in [0.1, 0.15) is 59.6 Å². The Balaban J connectivity index is 2.33. The van der Waals surface area contributed by atoms with E-state index >= 15 is 8.78 Å². The standard InChI is InChI=1S/C41H47F17N2O7Si/c1-23(2)68(24(3)4,22-19-34(42,43)35(44,45)36(46,47)37(48,49)38(50,51)39(52,53)40(54,55)41(56,57)58)66-21-20-65-30-15-11-27(12-16-30)32(26(6)25(5)9-8-10-31(61)60-63)67-33(62)59-28-13-17-29(64-7)18-14-28/h8-18,23-24,26,32,63H,19-22H2,1-7H3,(H,59,62)(H,60,61)/b10-8+,25-9+/t26-,32-/m0/s1. The predicted octanol–water partition coefficient (Wildman–Crippen LogP) is 13.2. The number of ether oxygens (including phenoxy) is 3. The third-order valence-electron chi connectivity index (χ3n) is 11.0. The minimum atomic E-state index is -8.71. The summed E-state index contributed by atoms with van der Waals surface area (Å²) in [5.74, 6) is -57.7. The number of hydrogen-bond donors (Lipinski definition) is 3. The Bertz CT molecular complexity index is 2040. The van der Waals surface area contributed by atoms with E-state index < -0.39 is 117 Å². The number of hydrogen-bond acceptors (Lipinski definition) is 7. The highest BCUT2D eigenvalue weighted by atomic mass is 28.4. The van der Waals surface area contributed by atoms with Gasteiger partial charge in [-0.1, -0.05) is 64.5 Å². The van der Waals surface area contributed by atoms with Crippen LogP contribution < -0.4 is 20.3 Å². The van der Waals surface area contributed by atoms with Gasteiger partial charge in [-0.05, 0) is 66.0 Å². The minimum Gasteiger partial charge on any atom is -0.497 e. The second kappa shape index (κ2) is 21.9. The molecule has 2 rings (SSSR count).